The Bertz CT molecular complexity index is 604. The minimum Gasteiger partial charge on any atom is -0.489 e. The van der Waals surface area contributed by atoms with E-state index in [1.54, 1.807) is 0 Å². The summed E-state index contributed by atoms with van der Waals surface area (Å²) in [6.45, 7) is 4.71. The molecule has 4 heteroatoms. The van der Waals surface area contributed by atoms with E-state index in [1.807, 2.05) is 36.4 Å². The average Bonchev–Trinajstić information content (AvgIpc) is 2.61. The van der Waals surface area contributed by atoms with Crippen LogP contribution in [0.4, 0.5) is 0 Å². The minimum atomic E-state index is 0. The second-order valence-corrected chi connectivity index (χ2v) is 6.53. The van der Waals surface area contributed by atoms with Gasteiger partial charge in [-0.1, -0.05) is 74.5 Å². The van der Waals surface area contributed by atoms with Gasteiger partial charge in [-0.15, -0.1) is 12.4 Å². The fourth-order valence-electron chi connectivity index (χ4n) is 2.61. The second kappa shape index (κ2) is 13.0. The van der Waals surface area contributed by atoms with E-state index in [9.17, 15) is 0 Å². The molecular weight excluding hydrogens is 353 g/mol. The van der Waals surface area contributed by atoms with Crippen LogP contribution in [0.1, 0.15) is 50.2 Å². The molecule has 0 aliphatic heterocycles. The maximum Gasteiger partial charge on any atom is 0.120 e. The fourth-order valence-corrected chi connectivity index (χ4v) is 2.80. The van der Waals surface area contributed by atoms with E-state index in [1.165, 1.54) is 37.7 Å². The summed E-state index contributed by atoms with van der Waals surface area (Å²) in [5, 5.41) is 4.26. The van der Waals surface area contributed by atoms with E-state index in [0.29, 0.717) is 6.61 Å². The lowest BCUT2D eigenvalue weighted by Gasteiger charge is -2.10. The smallest absolute Gasteiger partial charge is 0.120 e. The van der Waals surface area contributed by atoms with Gasteiger partial charge in [0.25, 0.3) is 0 Å². The van der Waals surface area contributed by atoms with Crippen molar-refractivity contribution in [2.24, 2.45) is 0 Å². The van der Waals surface area contributed by atoms with E-state index in [2.05, 4.69) is 24.4 Å². The lowest BCUT2D eigenvalue weighted by molar-refractivity contribution is 0.306. The lowest BCUT2D eigenvalue weighted by atomic mass is 10.1. The molecule has 0 spiro atoms. The highest BCUT2D eigenvalue weighted by Crippen LogP contribution is 2.19. The van der Waals surface area contributed by atoms with Crippen LogP contribution in [-0.4, -0.2) is 6.54 Å². The topological polar surface area (TPSA) is 21.3 Å². The van der Waals surface area contributed by atoms with Crippen LogP contribution in [0, 0.1) is 0 Å². The van der Waals surface area contributed by atoms with Crippen LogP contribution in [0.15, 0.2) is 48.5 Å². The Kier molecular flexibility index (Phi) is 11.4. The molecule has 0 aliphatic rings. The summed E-state index contributed by atoms with van der Waals surface area (Å²) in [4.78, 5) is 0. The average molecular weight is 382 g/mol. The molecule has 0 atom stereocenters. The van der Waals surface area contributed by atoms with E-state index in [-0.39, 0.29) is 12.4 Å². The van der Waals surface area contributed by atoms with Crippen molar-refractivity contribution in [2.45, 2.75) is 52.2 Å². The first-order valence-corrected chi connectivity index (χ1v) is 9.33. The Morgan fingerprint density at radius 3 is 2.56 bits per heavy atom. The summed E-state index contributed by atoms with van der Waals surface area (Å²) < 4.78 is 5.87. The van der Waals surface area contributed by atoms with Gasteiger partial charge in [-0.2, -0.15) is 0 Å². The Morgan fingerprint density at radius 1 is 0.960 bits per heavy atom. The largest absolute Gasteiger partial charge is 0.489 e. The molecule has 0 unspecified atom stereocenters. The van der Waals surface area contributed by atoms with Gasteiger partial charge in [-0.3, -0.25) is 0 Å². The Hall–Kier alpha value is -1.22. The SMILES string of the molecule is CCCCCCCNCc1cccc(OCc2ccccc2Cl)c1.Cl. The van der Waals surface area contributed by atoms with Gasteiger partial charge in [0.05, 0.1) is 0 Å². The molecule has 25 heavy (non-hydrogen) atoms. The molecule has 1 N–H and O–H groups in total. The highest BCUT2D eigenvalue weighted by molar-refractivity contribution is 6.31. The van der Waals surface area contributed by atoms with E-state index >= 15 is 0 Å². The van der Waals surface area contributed by atoms with Crippen molar-refractivity contribution in [3.63, 3.8) is 0 Å². The summed E-state index contributed by atoms with van der Waals surface area (Å²) >= 11 is 6.16. The Morgan fingerprint density at radius 2 is 1.76 bits per heavy atom. The number of unbranched alkanes of at least 4 members (excludes halogenated alkanes) is 4. The normalized spacial score (nSPS) is 10.3. The molecule has 0 saturated carbocycles. The molecule has 2 aromatic rings. The highest BCUT2D eigenvalue weighted by atomic mass is 35.5. The molecule has 2 aromatic carbocycles. The number of hydrogen-bond acceptors (Lipinski definition) is 2. The number of rotatable bonds is 11. The maximum atomic E-state index is 6.16. The zero-order valence-electron chi connectivity index (χ0n) is 15.0. The van der Waals surface area contributed by atoms with Gasteiger partial charge in [-0.05, 0) is 36.7 Å². The van der Waals surface area contributed by atoms with Gasteiger partial charge in [0, 0.05) is 17.1 Å². The molecule has 0 amide bonds. The third-order valence-electron chi connectivity index (χ3n) is 4.04. The molecule has 2 rings (SSSR count). The van der Waals surface area contributed by atoms with Crippen molar-refractivity contribution in [1.29, 1.82) is 0 Å². The first-order chi connectivity index (χ1) is 11.8. The summed E-state index contributed by atoms with van der Waals surface area (Å²) in [5.41, 5.74) is 2.26. The first-order valence-electron chi connectivity index (χ1n) is 8.95. The van der Waals surface area contributed by atoms with Crippen molar-refractivity contribution in [3.05, 3.63) is 64.7 Å². The van der Waals surface area contributed by atoms with Crippen LogP contribution in [0.2, 0.25) is 5.02 Å². The molecule has 0 saturated heterocycles. The van der Waals surface area contributed by atoms with Crippen LogP contribution < -0.4 is 10.1 Å². The molecule has 2 nitrogen and oxygen atoms in total. The zero-order chi connectivity index (χ0) is 17.0. The van der Waals surface area contributed by atoms with Crippen LogP contribution in [-0.2, 0) is 13.2 Å². The van der Waals surface area contributed by atoms with Crippen molar-refractivity contribution in [3.8, 4) is 5.75 Å². The fraction of sp³-hybridized carbons (Fsp3) is 0.429. The Labute approximate surface area is 163 Å². The second-order valence-electron chi connectivity index (χ2n) is 6.12. The lowest BCUT2D eigenvalue weighted by Crippen LogP contribution is -2.14. The molecule has 0 bridgehead atoms. The summed E-state index contributed by atoms with van der Waals surface area (Å²) in [6, 6.07) is 16.1. The van der Waals surface area contributed by atoms with Gasteiger partial charge >= 0.3 is 0 Å². The first kappa shape index (κ1) is 21.8. The van der Waals surface area contributed by atoms with Crippen LogP contribution in [0.3, 0.4) is 0 Å². The van der Waals surface area contributed by atoms with Crippen LogP contribution >= 0.6 is 24.0 Å². The van der Waals surface area contributed by atoms with Crippen molar-refractivity contribution in [1.82, 2.24) is 5.32 Å². The molecule has 0 fully saturated rings. The molecule has 0 heterocycles. The van der Waals surface area contributed by atoms with Gasteiger partial charge < -0.3 is 10.1 Å². The number of halogens is 2. The van der Waals surface area contributed by atoms with Crippen LogP contribution in [0.25, 0.3) is 0 Å². The summed E-state index contributed by atoms with van der Waals surface area (Å²) in [6.07, 6.45) is 6.58. The number of benzene rings is 2. The number of hydrogen-bond donors (Lipinski definition) is 1. The third kappa shape index (κ3) is 8.62. The summed E-state index contributed by atoms with van der Waals surface area (Å²) in [7, 11) is 0. The number of ether oxygens (including phenoxy) is 1. The van der Waals surface area contributed by atoms with Gasteiger partial charge in [0.2, 0.25) is 0 Å². The van der Waals surface area contributed by atoms with Crippen molar-refractivity contribution in [2.75, 3.05) is 6.54 Å². The predicted octanol–water partition coefficient (Wildman–Crippen LogP) is 6.40. The summed E-state index contributed by atoms with van der Waals surface area (Å²) in [5.74, 6) is 0.886. The molecular formula is C21H29Cl2NO. The maximum absolute atomic E-state index is 6.16. The minimum absolute atomic E-state index is 0. The van der Waals surface area contributed by atoms with Gasteiger partial charge in [0.15, 0.2) is 0 Å². The Balaban J connectivity index is 0.00000312. The van der Waals surface area contributed by atoms with Crippen molar-refractivity contribution >= 4 is 24.0 Å². The third-order valence-corrected chi connectivity index (χ3v) is 4.41. The molecule has 0 aliphatic carbocycles. The van der Waals surface area contributed by atoms with Crippen molar-refractivity contribution < 1.29 is 4.74 Å². The monoisotopic (exact) mass is 381 g/mol. The van der Waals surface area contributed by atoms with Crippen LogP contribution in [0.5, 0.6) is 5.75 Å². The van der Waals surface area contributed by atoms with E-state index in [4.69, 9.17) is 16.3 Å². The molecule has 138 valence electrons. The number of nitrogens with one attached hydrogen (secondary N) is 1. The van der Waals surface area contributed by atoms with Gasteiger partial charge in [-0.25, -0.2) is 0 Å². The molecule has 0 aromatic heterocycles. The van der Waals surface area contributed by atoms with E-state index < -0.39 is 0 Å². The van der Waals surface area contributed by atoms with E-state index in [0.717, 1.165) is 29.4 Å². The quantitative estimate of drug-likeness (QED) is 0.454. The highest BCUT2D eigenvalue weighted by Gasteiger charge is 2.01. The molecule has 0 radical (unpaired) electrons. The predicted molar refractivity (Wildman–Crippen MR) is 110 cm³/mol. The van der Waals surface area contributed by atoms with Gasteiger partial charge in [0.1, 0.15) is 12.4 Å². The standard InChI is InChI=1S/C21H28ClNO.ClH/c1-2-3-4-5-8-14-23-16-18-10-9-12-20(15-18)24-17-19-11-6-7-13-21(19)22;/h6-7,9-13,15,23H,2-5,8,14,16-17H2,1H3;1H. The zero-order valence-corrected chi connectivity index (χ0v) is 16.5.